The summed E-state index contributed by atoms with van der Waals surface area (Å²) in [5.41, 5.74) is -0.419. The van der Waals surface area contributed by atoms with E-state index in [1.807, 2.05) is 0 Å². The van der Waals surface area contributed by atoms with Gasteiger partial charge in [-0.05, 0) is 92.3 Å². The van der Waals surface area contributed by atoms with Gasteiger partial charge in [-0.15, -0.1) is 0 Å². The highest BCUT2D eigenvalue weighted by Crippen LogP contribution is 2.75. The number of carboxylic acids is 1. The standard InChI is InChI=1S/C41H66N2O7/c1-25(2)27(5)37(7)15-16-39(9)29-11-12-32-38(8)23-48-24-41(32,30(29)13-14-40(39,10)34(37)36(46)47)21-31(49-28(6)44)35(38)50-33(45)22-42-17-19-43(20-18-42)26(3)4/h13,25-27,29,31-32,34-35H,11-12,14-24H2,1-10H3,(H,46,47)/t27-,29+,31-,32+,34-,35+,37-,38+,39-,40+,41-/m1/s1. The van der Waals surface area contributed by atoms with Crippen LogP contribution in [0.15, 0.2) is 11.6 Å². The third-order valence-corrected chi connectivity index (χ3v) is 16.1. The number of carbonyl (C=O) groups excluding carboxylic acids is 2. The first kappa shape index (κ1) is 37.8. The molecule has 3 saturated carbocycles. The Morgan fingerprint density at radius 1 is 0.940 bits per heavy atom. The topological polar surface area (TPSA) is 106 Å². The molecule has 2 saturated heterocycles. The first-order valence-corrected chi connectivity index (χ1v) is 19.7. The third kappa shape index (κ3) is 5.69. The molecule has 1 N–H and O–H groups in total. The molecule has 6 aliphatic rings. The maximum absolute atomic E-state index is 13.7. The van der Waals surface area contributed by atoms with Crippen molar-refractivity contribution < 1.29 is 33.7 Å². The number of carbonyl (C=O) groups is 3. The lowest BCUT2D eigenvalue weighted by Gasteiger charge is -2.71. The van der Waals surface area contributed by atoms with Crippen LogP contribution in [0.3, 0.4) is 0 Å². The van der Waals surface area contributed by atoms with E-state index in [-0.39, 0.29) is 52.5 Å². The molecule has 0 radical (unpaired) electrons. The maximum Gasteiger partial charge on any atom is 0.320 e. The van der Waals surface area contributed by atoms with Crippen molar-refractivity contribution in [3.05, 3.63) is 11.6 Å². The Hall–Kier alpha value is -1.97. The number of esters is 2. The van der Waals surface area contributed by atoms with E-state index in [0.29, 0.717) is 38.0 Å². The molecular weight excluding hydrogens is 632 g/mol. The van der Waals surface area contributed by atoms with Crippen LogP contribution in [0.25, 0.3) is 0 Å². The molecule has 9 nitrogen and oxygen atoms in total. The number of aliphatic carboxylic acids is 1. The molecule has 9 heteroatoms. The number of allylic oxidation sites excluding steroid dienone is 1. The van der Waals surface area contributed by atoms with E-state index in [1.54, 1.807) is 0 Å². The zero-order valence-corrected chi connectivity index (χ0v) is 32.7. The van der Waals surface area contributed by atoms with E-state index in [4.69, 9.17) is 14.2 Å². The highest BCUT2D eigenvalue weighted by molar-refractivity contribution is 5.73. The molecule has 0 aromatic carbocycles. The average molecular weight is 699 g/mol. The first-order valence-electron chi connectivity index (χ1n) is 19.7. The normalized spacial score (nSPS) is 44.0. The minimum Gasteiger partial charge on any atom is -0.481 e. The SMILES string of the molecule is CC(=O)O[C@@H]1C[C@]23COC[C@@](C)([C@@H]2CC[C@H]2C3=CC[C@@]3(C)[C@H](C(=O)O)[C@@](C)([C@H](C)C(C)C)CC[C@]23C)[C@H]1OC(=O)CN1CCN(C(C)C)CC1. The second kappa shape index (κ2) is 13.2. The van der Waals surface area contributed by atoms with Crippen LogP contribution in [0.1, 0.15) is 108 Å². The monoisotopic (exact) mass is 698 g/mol. The van der Waals surface area contributed by atoms with Gasteiger partial charge in [0.1, 0.15) is 12.2 Å². The van der Waals surface area contributed by atoms with Crippen LogP contribution < -0.4 is 0 Å². The van der Waals surface area contributed by atoms with Crippen molar-refractivity contribution in [1.29, 1.82) is 0 Å². The Kier molecular flexibility index (Phi) is 9.94. The van der Waals surface area contributed by atoms with Crippen LogP contribution in [0.2, 0.25) is 0 Å². The molecule has 11 atom stereocenters. The summed E-state index contributed by atoms with van der Waals surface area (Å²) in [7, 11) is 0. The van der Waals surface area contributed by atoms with Gasteiger partial charge in [-0.2, -0.15) is 0 Å². The smallest absolute Gasteiger partial charge is 0.320 e. The number of hydrogen-bond acceptors (Lipinski definition) is 8. The van der Waals surface area contributed by atoms with Gasteiger partial charge in [-0.25, -0.2) is 0 Å². The molecule has 282 valence electrons. The van der Waals surface area contributed by atoms with Gasteiger partial charge in [0.2, 0.25) is 0 Å². The summed E-state index contributed by atoms with van der Waals surface area (Å²) in [4.78, 5) is 44.3. The van der Waals surface area contributed by atoms with Gasteiger partial charge in [0, 0.05) is 50.0 Å². The van der Waals surface area contributed by atoms with E-state index >= 15 is 0 Å². The van der Waals surface area contributed by atoms with Gasteiger partial charge in [-0.1, -0.05) is 60.1 Å². The Balaban J connectivity index is 1.32. The van der Waals surface area contributed by atoms with Crippen LogP contribution in [0, 0.1) is 56.7 Å². The lowest BCUT2D eigenvalue weighted by Crippen LogP contribution is -2.70. The van der Waals surface area contributed by atoms with Gasteiger partial charge >= 0.3 is 17.9 Å². The summed E-state index contributed by atoms with van der Waals surface area (Å²) >= 11 is 0. The summed E-state index contributed by atoms with van der Waals surface area (Å²) < 4.78 is 19.1. The molecule has 4 aliphatic carbocycles. The molecule has 2 aliphatic heterocycles. The Labute approximate surface area is 301 Å². The number of nitrogens with zero attached hydrogens (tertiary/aromatic N) is 2. The van der Waals surface area contributed by atoms with E-state index in [0.717, 1.165) is 51.9 Å². The largest absolute Gasteiger partial charge is 0.481 e. The van der Waals surface area contributed by atoms with Crippen LogP contribution in [0.5, 0.6) is 0 Å². The van der Waals surface area contributed by atoms with Crippen molar-refractivity contribution in [3.8, 4) is 0 Å². The zero-order chi connectivity index (χ0) is 36.6. The van der Waals surface area contributed by atoms with Gasteiger partial charge in [0.25, 0.3) is 0 Å². The number of ether oxygens (including phenoxy) is 3. The fraction of sp³-hybridized carbons (Fsp3) is 0.878. The number of fused-ring (bicyclic) bond motifs is 3. The number of hydrogen-bond donors (Lipinski definition) is 1. The molecule has 0 unspecified atom stereocenters. The Morgan fingerprint density at radius 2 is 1.62 bits per heavy atom. The summed E-state index contributed by atoms with van der Waals surface area (Å²) in [5, 5.41) is 11.0. The lowest BCUT2D eigenvalue weighted by atomic mass is 9.34. The quantitative estimate of drug-likeness (QED) is 0.226. The summed E-state index contributed by atoms with van der Waals surface area (Å²) in [5.74, 6) is -0.655. The zero-order valence-electron chi connectivity index (χ0n) is 32.7. The second-order valence-corrected chi connectivity index (χ2v) is 19.0. The minimum absolute atomic E-state index is 0.198. The molecule has 50 heavy (non-hydrogen) atoms. The fourth-order valence-corrected chi connectivity index (χ4v) is 12.9. The minimum atomic E-state index is -0.662. The van der Waals surface area contributed by atoms with Gasteiger partial charge < -0.3 is 19.3 Å². The average Bonchev–Trinajstić information content (AvgIpc) is 3.03. The van der Waals surface area contributed by atoms with Crippen molar-refractivity contribution in [1.82, 2.24) is 9.80 Å². The number of piperazine rings is 1. The fourth-order valence-electron chi connectivity index (χ4n) is 12.9. The molecule has 0 spiro atoms. The summed E-state index contributed by atoms with van der Waals surface area (Å²) in [6, 6.07) is 0.485. The van der Waals surface area contributed by atoms with Crippen LogP contribution in [-0.4, -0.2) is 97.0 Å². The highest BCUT2D eigenvalue weighted by atomic mass is 16.6. The molecule has 0 aromatic heterocycles. The van der Waals surface area contributed by atoms with E-state index < -0.39 is 34.9 Å². The van der Waals surface area contributed by atoms with Crippen LogP contribution in [0.4, 0.5) is 0 Å². The Morgan fingerprint density at radius 3 is 2.22 bits per heavy atom. The van der Waals surface area contributed by atoms with E-state index in [1.165, 1.54) is 12.5 Å². The summed E-state index contributed by atoms with van der Waals surface area (Å²) in [6.07, 6.45) is 6.29. The first-order chi connectivity index (χ1) is 23.3. The van der Waals surface area contributed by atoms with Crippen LogP contribution in [-0.2, 0) is 28.6 Å². The molecule has 5 fully saturated rings. The van der Waals surface area contributed by atoms with Crippen LogP contribution >= 0.6 is 0 Å². The summed E-state index contributed by atoms with van der Waals surface area (Å²) in [6.45, 7) is 26.4. The second-order valence-electron chi connectivity index (χ2n) is 19.0. The molecule has 6 rings (SSSR count). The van der Waals surface area contributed by atoms with Gasteiger partial charge in [0.05, 0.1) is 25.7 Å². The predicted octanol–water partition coefficient (Wildman–Crippen LogP) is 6.44. The number of carboxylic acid groups (broad SMARTS) is 1. The number of rotatable bonds is 8. The molecule has 0 aromatic rings. The molecule has 2 bridgehead atoms. The molecular formula is C41H66N2O7. The van der Waals surface area contributed by atoms with Crippen molar-refractivity contribution in [2.75, 3.05) is 45.9 Å². The lowest BCUT2D eigenvalue weighted by molar-refractivity contribution is -0.263. The van der Waals surface area contributed by atoms with Crippen molar-refractivity contribution in [2.45, 2.75) is 126 Å². The van der Waals surface area contributed by atoms with Crippen molar-refractivity contribution in [2.24, 2.45) is 56.7 Å². The maximum atomic E-state index is 13.7. The third-order valence-electron chi connectivity index (χ3n) is 16.1. The van der Waals surface area contributed by atoms with Crippen molar-refractivity contribution in [3.63, 3.8) is 0 Å². The molecule has 2 heterocycles. The molecule has 0 amide bonds. The van der Waals surface area contributed by atoms with Gasteiger partial charge in [-0.3, -0.25) is 24.2 Å². The highest BCUT2D eigenvalue weighted by Gasteiger charge is 2.72. The van der Waals surface area contributed by atoms with Crippen molar-refractivity contribution >= 4 is 17.9 Å². The van der Waals surface area contributed by atoms with E-state index in [9.17, 15) is 19.5 Å². The Bertz CT molecular complexity index is 1370. The van der Waals surface area contributed by atoms with Gasteiger partial charge in [0.15, 0.2) is 0 Å². The van der Waals surface area contributed by atoms with E-state index in [2.05, 4.69) is 78.2 Å². The predicted molar refractivity (Wildman–Crippen MR) is 192 cm³/mol.